The van der Waals surface area contributed by atoms with Gasteiger partial charge in [0.05, 0.1) is 11.0 Å². The number of aliphatic imine (C=N–C) groups is 1. The molecule has 7 nitrogen and oxygen atoms in total. The molecule has 1 aliphatic rings. The highest BCUT2D eigenvalue weighted by molar-refractivity contribution is 7.14. The second kappa shape index (κ2) is 9.98. The molecule has 2 aromatic carbocycles. The molecule has 0 bridgehead atoms. The standard InChI is InChI=1S/C24H24N6OS/c1-18-8-5-6-11-20(18)27-23(26-17-25)29-13-14-30(24(31)28-22-12-7-15-32-22)21(16-29)19-9-3-2-4-10-19/h2-12,15,21H,13-14,16H2,1H3,(H,26,27)(H,28,31). The molecule has 1 aromatic heterocycles. The monoisotopic (exact) mass is 444 g/mol. The van der Waals surface area contributed by atoms with Crippen LogP contribution in [0.2, 0.25) is 0 Å². The first-order valence-electron chi connectivity index (χ1n) is 10.4. The first-order valence-corrected chi connectivity index (χ1v) is 11.2. The van der Waals surface area contributed by atoms with Gasteiger partial charge in [0.1, 0.15) is 0 Å². The molecule has 162 valence electrons. The molecule has 8 heteroatoms. The van der Waals surface area contributed by atoms with Crippen LogP contribution >= 0.6 is 11.3 Å². The third-order valence-corrected chi connectivity index (χ3v) is 6.21. The Morgan fingerprint density at radius 1 is 1.06 bits per heavy atom. The second-order valence-electron chi connectivity index (χ2n) is 7.45. The molecule has 2 heterocycles. The van der Waals surface area contributed by atoms with Crippen molar-refractivity contribution in [2.24, 2.45) is 4.99 Å². The molecule has 2 N–H and O–H groups in total. The smallest absolute Gasteiger partial charge is 0.323 e. The Kier molecular flexibility index (Phi) is 6.68. The van der Waals surface area contributed by atoms with Crippen LogP contribution in [-0.2, 0) is 0 Å². The Morgan fingerprint density at radius 2 is 1.84 bits per heavy atom. The number of guanidine groups is 1. The average Bonchev–Trinajstić information content (AvgIpc) is 3.33. The SMILES string of the molecule is Cc1ccccc1N/C(=N/C#N)N1CCN(C(=O)Nc2cccs2)C(c2ccccc2)C1. The van der Waals surface area contributed by atoms with Crippen LogP contribution in [0.3, 0.4) is 0 Å². The zero-order valence-electron chi connectivity index (χ0n) is 17.7. The molecule has 2 amide bonds. The predicted octanol–water partition coefficient (Wildman–Crippen LogP) is 4.90. The van der Waals surface area contributed by atoms with Gasteiger partial charge in [-0.2, -0.15) is 5.26 Å². The van der Waals surface area contributed by atoms with E-state index in [-0.39, 0.29) is 12.1 Å². The van der Waals surface area contributed by atoms with E-state index < -0.39 is 0 Å². The molecule has 4 rings (SSSR count). The van der Waals surface area contributed by atoms with Crippen molar-refractivity contribution in [2.75, 3.05) is 30.3 Å². The van der Waals surface area contributed by atoms with Crippen LogP contribution in [0.1, 0.15) is 17.2 Å². The number of urea groups is 1. The first-order chi connectivity index (χ1) is 15.7. The predicted molar refractivity (Wildman–Crippen MR) is 129 cm³/mol. The molecular formula is C24H24N6OS. The van der Waals surface area contributed by atoms with Crippen molar-refractivity contribution in [1.82, 2.24) is 9.80 Å². The number of nitrogens with one attached hydrogen (secondary N) is 2. The summed E-state index contributed by atoms with van der Waals surface area (Å²) in [5.41, 5.74) is 2.99. The van der Waals surface area contributed by atoms with Crippen molar-refractivity contribution >= 4 is 34.0 Å². The van der Waals surface area contributed by atoms with Crippen LogP contribution in [0.15, 0.2) is 77.1 Å². The minimum absolute atomic E-state index is 0.133. The molecule has 1 atom stereocenters. The van der Waals surface area contributed by atoms with E-state index in [4.69, 9.17) is 0 Å². The molecule has 1 fully saturated rings. The molecule has 1 saturated heterocycles. The van der Waals surface area contributed by atoms with Crippen LogP contribution in [-0.4, -0.2) is 41.4 Å². The normalized spacial score (nSPS) is 16.4. The molecular weight excluding hydrogens is 420 g/mol. The van der Waals surface area contributed by atoms with Crippen molar-refractivity contribution in [1.29, 1.82) is 5.26 Å². The largest absolute Gasteiger partial charge is 0.338 e. The number of hydrogen-bond acceptors (Lipinski definition) is 4. The van der Waals surface area contributed by atoms with Gasteiger partial charge < -0.3 is 15.1 Å². The third kappa shape index (κ3) is 4.90. The fourth-order valence-electron chi connectivity index (χ4n) is 3.76. The number of nitrogens with zero attached hydrogens (tertiary/aromatic N) is 4. The summed E-state index contributed by atoms with van der Waals surface area (Å²) in [6.07, 6.45) is 1.92. The van der Waals surface area contributed by atoms with Gasteiger partial charge in [0, 0.05) is 25.3 Å². The lowest BCUT2D eigenvalue weighted by atomic mass is 10.0. The summed E-state index contributed by atoms with van der Waals surface area (Å²) in [6, 6.07) is 21.3. The van der Waals surface area contributed by atoms with Crippen LogP contribution < -0.4 is 10.6 Å². The van der Waals surface area contributed by atoms with Gasteiger partial charge in [-0.25, -0.2) is 4.79 Å². The topological polar surface area (TPSA) is 83.8 Å². The van der Waals surface area contributed by atoms with E-state index in [1.54, 1.807) is 0 Å². The summed E-state index contributed by atoms with van der Waals surface area (Å²) in [7, 11) is 0. The van der Waals surface area contributed by atoms with Crippen molar-refractivity contribution in [3.63, 3.8) is 0 Å². The third-order valence-electron chi connectivity index (χ3n) is 5.42. The number of anilines is 2. The van der Waals surface area contributed by atoms with E-state index in [9.17, 15) is 10.1 Å². The molecule has 0 saturated carbocycles. The molecule has 1 unspecified atom stereocenters. The summed E-state index contributed by atoms with van der Waals surface area (Å²) in [4.78, 5) is 21.0. The second-order valence-corrected chi connectivity index (χ2v) is 8.40. The van der Waals surface area contributed by atoms with E-state index in [2.05, 4.69) is 15.6 Å². The molecule has 32 heavy (non-hydrogen) atoms. The Hall–Kier alpha value is -3.83. The quantitative estimate of drug-likeness (QED) is 0.342. The Morgan fingerprint density at radius 3 is 2.56 bits per heavy atom. The highest BCUT2D eigenvalue weighted by Crippen LogP contribution is 2.28. The van der Waals surface area contributed by atoms with Gasteiger partial charge in [0.25, 0.3) is 0 Å². The van der Waals surface area contributed by atoms with Gasteiger partial charge in [-0.15, -0.1) is 16.3 Å². The Bertz CT molecular complexity index is 1120. The number of amides is 2. The molecule has 1 aliphatic heterocycles. The first kappa shape index (κ1) is 21.4. The number of hydrogen-bond donors (Lipinski definition) is 2. The maximum absolute atomic E-state index is 13.1. The number of nitriles is 1. The Balaban J connectivity index is 1.58. The maximum Gasteiger partial charge on any atom is 0.323 e. The van der Waals surface area contributed by atoms with E-state index in [0.29, 0.717) is 25.6 Å². The number of rotatable bonds is 3. The van der Waals surface area contributed by atoms with Crippen LogP contribution in [0, 0.1) is 18.4 Å². The highest BCUT2D eigenvalue weighted by Gasteiger charge is 2.33. The summed E-state index contributed by atoms with van der Waals surface area (Å²) in [6.45, 7) is 3.57. The van der Waals surface area contributed by atoms with Gasteiger partial charge in [-0.05, 0) is 41.6 Å². The number of benzene rings is 2. The summed E-state index contributed by atoms with van der Waals surface area (Å²) in [5.74, 6) is 0.487. The minimum atomic E-state index is -0.188. The lowest BCUT2D eigenvalue weighted by Crippen LogP contribution is -2.54. The molecule has 3 aromatic rings. The van der Waals surface area contributed by atoms with Crippen LogP contribution in [0.4, 0.5) is 15.5 Å². The zero-order valence-corrected chi connectivity index (χ0v) is 18.5. The van der Waals surface area contributed by atoms with E-state index in [1.807, 2.05) is 95.0 Å². The van der Waals surface area contributed by atoms with Crippen molar-refractivity contribution in [3.8, 4) is 6.19 Å². The van der Waals surface area contributed by atoms with Crippen molar-refractivity contribution in [3.05, 3.63) is 83.2 Å². The van der Waals surface area contributed by atoms with E-state index in [1.165, 1.54) is 11.3 Å². The number of carbonyl (C=O) groups excluding carboxylic acids is 1. The van der Waals surface area contributed by atoms with E-state index in [0.717, 1.165) is 21.8 Å². The molecule has 0 radical (unpaired) electrons. The van der Waals surface area contributed by atoms with Gasteiger partial charge in [0.15, 0.2) is 0 Å². The van der Waals surface area contributed by atoms with Crippen LogP contribution in [0.5, 0.6) is 0 Å². The summed E-state index contributed by atoms with van der Waals surface area (Å²) >= 11 is 1.49. The Labute approximate surface area is 191 Å². The number of para-hydroxylation sites is 1. The summed E-state index contributed by atoms with van der Waals surface area (Å²) in [5, 5.41) is 18.4. The van der Waals surface area contributed by atoms with E-state index >= 15 is 0 Å². The average molecular weight is 445 g/mol. The van der Waals surface area contributed by atoms with Gasteiger partial charge in [-0.3, -0.25) is 5.32 Å². The lowest BCUT2D eigenvalue weighted by molar-refractivity contribution is 0.136. The van der Waals surface area contributed by atoms with Crippen molar-refractivity contribution in [2.45, 2.75) is 13.0 Å². The number of aryl methyl sites for hydroxylation is 1. The van der Waals surface area contributed by atoms with Crippen molar-refractivity contribution < 1.29 is 4.79 Å². The highest BCUT2D eigenvalue weighted by atomic mass is 32.1. The fraction of sp³-hybridized carbons (Fsp3) is 0.208. The number of piperazine rings is 1. The van der Waals surface area contributed by atoms with Crippen LogP contribution in [0.25, 0.3) is 0 Å². The zero-order chi connectivity index (χ0) is 22.3. The molecule has 0 aliphatic carbocycles. The minimum Gasteiger partial charge on any atom is -0.338 e. The molecule has 0 spiro atoms. The van der Waals surface area contributed by atoms with Gasteiger partial charge in [0.2, 0.25) is 12.2 Å². The van der Waals surface area contributed by atoms with Gasteiger partial charge >= 0.3 is 6.03 Å². The summed E-state index contributed by atoms with van der Waals surface area (Å²) < 4.78 is 0. The number of thiophene rings is 1. The fourth-order valence-corrected chi connectivity index (χ4v) is 4.37. The number of carbonyl (C=O) groups is 1. The maximum atomic E-state index is 13.1. The van der Waals surface area contributed by atoms with Gasteiger partial charge in [-0.1, -0.05) is 48.5 Å². The lowest BCUT2D eigenvalue weighted by Gasteiger charge is -2.42.